The van der Waals surface area contributed by atoms with Gasteiger partial charge in [-0.3, -0.25) is 4.90 Å². The van der Waals surface area contributed by atoms with E-state index in [1.54, 1.807) is 4.90 Å². The van der Waals surface area contributed by atoms with Crippen LogP contribution in [0.2, 0.25) is 0 Å². The maximum Gasteiger partial charge on any atom is 0.414 e. The van der Waals surface area contributed by atoms with Crippen molar-refractivity contribution >= 4 is 11.8 Å². The van der Waals surface area contributed by atoms with Crippen LogP contribution in [0.4, 0.5) is 10.5 Å². The summed E-state index contributed by atoms with van der Waals surface area (Å²) in [6.45, 7) is 13.0. The first-order chi connectivity index (χ1) is 11.2. The fraction of sp³-hybridized carbons (Fsp3) is 0.650. The van der Waals surface area contributed by atoms with Crippen molar-refractivity contribution in [2.24, 2.45) is 0 Å². The van der Waals surface area contributed by atoms with Gasteiger partial charge in [-0.25, -0.2) is 4.79 Å². The van der Waals surface area contributed by atoms with E-state index in [1.807, 2.05) is 20.8 Å². The fourth-order valence-electron chi connectivity index (χ4n) is 3.79. The van der Waals surface area contributed by atoms with Gasteiger partial charge in [0.1, 0.15) is 5.60 Å². The van der Waals surface area contributed by atoms with E-state index in [9.17, 15) is 4.79 Å². The zero-order valence-electron chi connectivity index (χ0n) is 15.6. The summed E-state index contributed by atoms with van der Waals surface area (Å²) in [6, 6.07) is 6.65. The number of nitrogens with one attached hydrogen (secondary N) is 1. The normalized spacial score (nSPS) is 20.8. The first kappa shape index (κ1) is 17.3. The maximum absolute atomic E-state index is 12.6. The zero-order chi connectivity index (χ0) is 17.5. The van der Waals surface area contributed by atoms with E-state index < -0.39 is 5.60 Å². The Balaban J connectivity index is 1.89. The van der Waals surface area contributed by atoms with E-state index >= 15 is 0 Å². The Morgan fingerprint density at radius 3 is 2.54 bits per heavy atom. The standard InChI is InChI=1S/C20H30N2O2/c1-19(2,3)24-18(23)22-13-20(4,5)16-12-15(6-7-17(16)22)14-8-10-21-11-9-14/h6-7,12,14,21H,8-11,13H2,1-5H3. The molecular weight excluding hydrogens is 300 g/mol. The highest BCUT2D eigenvalue weighted by molar-refractivity contribution is 5.91. The predicted molar refractivity (Wildman–Crippen MR) is 97.9 cm³/mol. The quantitative estimate of drug-likeness (QED) is 0.839. The average molecular weight is 330 g/mol. The molecule has 0 saturated carbocycles. The van der Waals surface area contributed by atoms with Crippen molar-refractivity contribution in [3.05, 3.63) is 29.3 Å². The minimum atomic E-state index is -0.473. The first-order valence-corrected chi connectivity index (χ1v) is 9.03. The predicted octanol–water partition coefficient (Wildman–Crippen LogP) is 4.19. The first-order valence-electron chi connectivity index (χ1n) is 9.03. The van der Waals surface area contributed by atoms with Crippen molar-refractivity contribution in [2.45, 2.75) is 64.4 Å². The third kappa shape index (κ3) is 3.44. The number of carbonyl (C=O) groups is 1. The molecule has 24 heavy (non-hydrogen) atoms. The molecule has 1 N–H and O–H groups in total. The highest BCUT2D eigenvalue weighted by Crippen LogP contribution is 2.43. The number of piperidine rings is 1. The van der Waals surface area contributed by atoms with Crippen LogP contribution in [0.25, 0.3) is 0 Å². The number of hydrogen-bond acceptors (Lipinski definition) is 3. The largest absolute Gasteiger partial charge is 0.443 e. The Morgan fingerprint density at radius 2 is 1.92 bits per heavy atom. The Kier molecular flexibility index (Phi) is 4.37. The molecule has 2 aliphatic heterocycles. The lowest BCUT2D eigenvalue weighted by atomic mass is 9.83. The summed E-state index contributed by atoms with van der Waals surface area (Å²) < 4.78 is 5.60. The van der Waals surface area contributed by atoms with Crippen molar-refractivity contribution in [3.63, 3.8) is 0 Å². The van der Waals surface area contributed by atoms with Gasteiger partial charge in [0.05, 0.1) is 5.69 Å². The van der Waals surface area contributed by atoms with Crippen molar-refractivity contribution < 1.29 is 9.53 Å². The maximum atomic E-state index is 12.6. The van der Waals surface area contributed by atoms with Crippen molar-refractivity contribution in [2.75, 3.05) is 24.5 Å². The SMILES string of the molecule is CC(C)(C)OC(=O)N1CC(C)(C)c2cc(C3CCNCC3)ccc21. The van der Waals surface area contributed by atoms with Gasteiger partial charge in [-0.1, -0.05) is 26.0 Å². The van der Waals surface area contributed by atoms with E-state index in [1.165, 1.54) is 24.0 Å². The van der Waals surface area contributed by atoms with Gasteiger partial charge in [-0.05, 0) is 69.8 Å². The molecule has 1 aromatic rings. The molecule has 0 spiro atoms. The summed E-state index contributed by atoms with van der Waals surface area (Å²) in [5.74, 6) is 0.628. The Hall–Kier alpha value is -1.55. The van der Waals surface area contributed by atoms with Crippen LogP contribution in [0.1, 0.15) is 64.5 Å². The number of benzene rings is 1. The molecule has 2 heterocycles. The molecule has 1 aromatic carbocycles. The summed E-state index contributed by atoms with van der Waals surface area (Å²) in [5.41, 5.74) is 3.17. The molecule has 2 aliphatic rings. The molecule has 3 rings (SSSR count). The summed E-state index contributed by atoms with van der Waals surface area (Å²) in [7, 11) is 0. The monoisotopic (exact) mass is 330 g/mol. The third-order valence-corrected chi connectivity index (χ3v) is 5.02. The molecule has 0 atom stereocenters. The van der Waals surface area contributed by atoms with Crippen LogP contribution >= 0.6 is 0 Å². The van der Waals surface area contributed by atoms with Gasteiger partial charge in [-0.15, -0.1) is 0 Å². The van der Waals surface area contributed by atoms with Gasteiger partial charge in [-0.2, -0.15) is 0 Å². The lowest BCUT2D eigenvalue weighted by molar-refractivity contribution is 0.0579. The van der Waals surface area contributed by atoms with E-state index in [-0.39, 0.29) is 11.5 Å². The van der Waals surface area contributed by atoms with E-state index in [0.717, 1.165) is 18.8 Å². The van der Waals surface area contributed by atoms with Crippen molar-refractivity contribution in [1.29, 1.82) is 0 Å². The lowest BCUT2D eigenvalue weighted by Crippen LogP contribution is -2.38. The average Bonchev–Trinajstić information content (AvgIpc) is 2.78. The van der Waals surface area contributed by atoms with Gasteiger partial charge >= 0.3 is 6.09 Å². The second-order valence-corrected chi connectivity index (χ2v) is 8.75. The number of ether oxygens (including phenoxy) is 1. The summed E-state index contributed by atoms with van der Waals surface area (Å²) in [5, 5.41) is 3.43. The van der Waals surface area contributed by atoms with Crippen molar-refractivity contribution in [3.8, 4) is 0 Å². The van der Waals surface area contributed by atoms with Crippen LogP contribution in [0.15, 0.2) is 18.2 Å². The molecule has 1 amide bonds. The van der Waals surface area contributed by atoms with Crippen LogP contribution < -0.4 is 10.2 Å². The van der Waals surface area contributed by atoms with Gasteiger partial charge in [0.25, 0.3) is 0 Å². The second-order valence-electron chi connectivity index (χ2n) is 8.75. The van der Waals surface area contributed by atoms with E-state index in [2.05, 4.69) is 37.4 Å². The number of amides is 1. The third-order valence-electron chi connectivity index (χ3n) is 5.02. The summed E-state index contributed by atoms with van der Waals surface area (Å²) >= 11 is 0. The number of rotatable bonds is 1. The molecule has 0 aromatic heterocycles. The molecule has 4 heteroatoms. The zero-order valence-corrected chi connectivity index (χ0v) is 15.6. The Morgan fingerprint density at radius 1 is 1.25 bits per heavy atom. The van der Waals surface area contributed by atoms with Gasteiger partial charge in [0, 0.05) is 12.0 Å². The topological polar surface area (TPSA) is 41.6 Å². The Bertz CT molecular complexity index is 625. The number of hydrogen-bond donors (Lipinski definition) is 1. The van der Waals surface area contributed by atoms with Crippen LogP contribution in [-0.4, -0.2) is 31.3 Å². The number of carbonyl (C=O) groups excluding carboxylic acids is 1. The highest BCUT2D eigenvalue weighted by atomic mass is 16.6. The molecule has 0 aliphatic carbocycles. The van der Waals surface area contributed by atoms with Gasteiger partial charge in [0.15, 0.2) is 0 Å². The molecule has 1 fully saturated rings. The van der Waals surface area contributed by atoms with Crippen LogP contribution in [0.5, 0.6) is 0 Å². The van der Waals surface area contributed by atoms with Crippen molar-refractivity contribution in [1.82, 2.24) is 5.32 Å². The number of anilines is 1. The lowest BCUT2D eigenvalue weighted by Gasteiger charge is -2.26. The van der Waals surface area contributed by atoms with E-state index in [0.29, 0.717) is 12.5 Å². The minimum absolute atomic E-state index is 0.0465. The fourth-order valence-corrected chi connectivity index (χ4v) is 3.79. The van der Waals surface area contributed by atoms with Crippen LogP contribution in [0.3, 0.4) is 0 Å². The summed E-state index contributed by atoms with van der Waals surface area (Å²) in [6.07, 6.45) is 2.13. The molecule has 4 nitrogen and oxygen atoms in total. The molecule has 1 saturated heterocycles. The van der Waals surface area contributed by atoms with Gasteiger partial charge < -0.3 is 10.1 Å². The number of fused-ring (bicyclic) bond motifs is 1. The van der Waals surface area contributed by atoms with Crippen LogP contribution in [0, 0.1) is 0 Å². The summed E-state index contributed by atoms with van der Waals surface area (Å²) in [4.78, 5) is 14.4. The smallest absolute Gasteiger partial charge is 0.414 e. The Labute approximate surface area is 145 Å². The van der Waals surface area contributed by atoms with Gasteiger partial charge in [0.2, 0.25) is 0 Å². The van der Waals surface area contributed by atoms with E-state index in [4.69, 9.17) is 4.74 Å². The molecule has 0 unspecified atom stereocenters. The minimum Gasteiger partial charge on any atom is -0.443 e. The molecule has 0 radical (unpaired) electrons. The van der Waals surface area contributed by atoms with Crippen LogP contribution in [-0.2, 0) is 10.2 Å². The highest BCUT2D eigenvalue weighted by Gasteiger charge is 2.40. The number of nitrogens with zero attached hydrogens (tertiary/aromatic N) is 1. The molecular formula is C20H30N2O2. The second kappa shape index (κ2) is 6.07. The molecule has 132 valence electrons. The molecule has 0 bridgehead atoms.